The van der Waals surface area contributed by atoms with Crippen molar-refractivity contribution < 1.29 is 4.79 Å². The van der Waals surface area contributed by atoms with Gasteiger partial charge in [0.15, 0.2) is 0 Å². The van der Waals surface area contributed by atoms with Crippen molar-refractivity contribution in [2.45, 2.75) is 13.8 Å². The first kappa shape index (κ1) is 6.81. The third-order valence-electron chi connectivity index (χ3n) is 1.07. The van der Waals surface area contributed by atoms with Gasteiger partial charge in [-0.15, -0.1) is 11.8 Å². The highest BCUT2D eigenvalue weighted by molar-refractivity contribution is 8.15. The van der Waals surface area contributed by atoms with Gasteiger partial charge in [-0.25, -0.2) is 4.99 Å². The number of hydrogen-bond acceptors (Lipinski definition) is 2. The molecule has 50 valence electrons. The van der Waals surface area contributed by atoms with Crippen molar-refractivity contribution >= 4 is 22.7 Å². The summed E-state index contributed by atoms with van der Waals surface area (Å²) in [5.41, 5.74) is 0. The molecular formula is C6H9NOS. The molecule has 1 amide bonds. The molecule has 2 nitrogen and oxygen atoms in total. The van der Waals surface area contributed by atoms with Crippen LogP contribution in [0.2, 0.25) is 0 Å². The number of aliphatic imine (C=N–C) groups is 1. The van der Waals surface area contributed by atoms with Crippen LogP contribution in [0.1, 0.15) is 13.8 Å². The lowest BCUT2D eigenvalue weighted by Crippen LogP contribution is -1.97. The monoisotopic (exact) mass is 143 g/mol. The molecule has 1 rings (SSSR count). The first-order valence-electron chi connectivity index (χ1n) is 2.94. The van der Waals surface area contributed by atoms with Crippen molar-refractivity contribution in [3.63, 3.8) is 0 Å². The highest BCUT2D eigenvalue weighted by Crippen LogP contribution is 2.18. The second-order valence-corrected chi connectivity index (χ2v) is 3.28. The van der Waals surface area contributed by atoms with Gasteiger partial charge < -0.3 is 0 Å². The highest BCUT2D eigenvalue weighted by Gasteiger charge is 2.16. The normalized spacial score (nSPS) is 19.0. The molecule has 0 aromatic heterocycles. The van der Waals surface area contributed by atoms with Crippen LogP contribution in [0.3, 0.4) is 0 Å². The summed E-state index contributed by atoms with van der Waals surface area (Å²) in [6.45, 7) is 4.09. The van der Waals surface area contributed by atoms with Crippen molar-refractivity contribution in [1.29, 1.82) is 0 Å². The summed E-state index contributed by atoms with van der Waals surface area (Å²) in [5, 5.41) is 0.986. The standard InChI is InChI=1S/C6H9NOS/c1-4(2)6-7-5(8)3-9-6/h4H,3H2,1-2H3. The Balaban J connectivity index is 2.62. The number of rotatable bonds is 1. The number of carbonyl (C=O) groups excluding carboxylic acids is 1. The maximum Gasteiger partial charge on any atom is 0.256 e. The molecule has 1 heterocycles. The van der Waals surface area contributed by atoms with Crippen molar-refractivity contribution in [2.24, 2.45) is 10.9 Å². The fraction of sp³-hybridized carbons (Fsp3) is 0.667. The second-order valence-electron chi connectivity index (χ2n) is 2.29. The Morgan fingerprint density at radius 3 is 2.56 bits per heavy atom. The number of hydrogen-bond donors (Lipinski definition) is 0. The van der Waals surface area contributed by atoms with Crippen LogP contribution in [0.25, 0.3) is 0 Å². The number of thioether (sulfide) groups is 1. The van der Waals surface area contributed by atoms with Crippen molar-refractivity contribution in [3.8, 4) is 0 Å². The molecule has 0 saturated carbocycles. The van der Waals surface area contributed by atoms with E-state index in [1.807, 2.05) is 13.8 Å². The molecule has 0 atom stereocenters. The topological polar surface area (TPSA) is 29.4 Å². The van der Waals surface area contributed by atoms with Crippen LogP contribution in [0, 0.1) is 5.92 Å². The zero-order valence-corrected chi connectivity index (χ0v) is 6.36. The van der Waals surface area contributed by atoms with Gasteiger partial charge in [-0.1, -0.05) is 13.8 Å². The summed E-state index contributed by atoms with van der Waals surface area (Å²) in [6.07, 6.45) is 0. The average Bonchev–Trinajstić information content (AvgIpc) is 2.14. The van der Waals surface area contributed by atoms with E-state index in [1.165, 1.54) is 0 Å². The SMILES string of the molecule is CC(C)C1=NC(=O)CS1. The quantitative estimate of drug-likeness (QED) is 0.554. The zero-order valence-electron chi connectivity index (χ0n) is 5.55. The summed E-state index contributed by atoms with van der Waals surface area (Å²) in [6, 6.07) is 0. The first-order valence-corrected chi connectivity index (χ1v) is 3.93. The Morgan fingerprint density at radius 2 is 2.33 bits per heavy atom. The molecular weight excluding hydrogens is 134 g/mol. The van der Waals surface area contributed by atoms with Crippen LogP contribution < -0.4 is 0 Å². The van der Waals surface area contributed by atoms with E-state index in [9.17, 15) is 4.79 Å². The molecule has 0 aromatic carbocycles. The first-order chi connectivity index (χ1) is 4.20. The largest absolute Gasteiger partial charge is 0.272 e. The molecule has 0 saturated heterocycles. The van der Waals surface area contributed by atoms with Gasteiger partial charge in [0.05, 0.1) is 10.8 Å². The van der Waals surface area contributed by atoms with E-state index in [-0.39, 0.29) is 5.91 Å². The summed E-state index contributed by atoms with van der Waals surface area (Å²) in [5.74, 6) is 0.984. The third-order valence-corrected chi connectivity index (χ3v) is 2.32. The van der Waals surface area contributed by atoms with Crippen molar-refractivity contribution in [1.82, 2.24) is 0 Å². The molecule has 0 fully saturated rings. The molecule has 0 N–H and O–H groups in total. The predicted octanol–water partition coefficient (Wildman–Crippen LogP) is 1.31. The van der Waals surface area contributed by atoms with E-state index in [0.717, 1.165) is 5.04 Å². The minimum atomic E-state index is 0.0173. The molecule has 1 aliphatic heterocycles. The Hall–Kier alpha value is -0.310. The number of amides is 1. The van der Waals surface area contributed by atoms with Crippen LogP contribution >= 0.6 is 11.8 Å². The number of nitrogens with zero attached hydrogens (tertiary/aromatic N) is 1. The maximum atomic E-state index is 10.5. The number of carbonyl (C=O) groups is 1. The lowest BCUT2D eigenvalue weighted by atomic mass is 10.2. The van der Waals surface area contributed by atoms with E-state index in [2.05, 4.69) is 4.99 Å². The van der Waals surface area contributed by atoms with Gasteiger partial charge in [0, 0.05) is 5.92 Å². The predicted molar refractivity (Wildman–Crippen MR) is 39.7 cm³/mol. The van der Waals surface area contributed by atoms with Crippen LogP contribution in [-0.4, -0.2) is 16.7 Å². The van der Waals surface area contributed by atoms with Crippen LogP contribution in [0.4, 0.5) is 0 Å². The van der Waals surface area contributed by atoms with Crippen LogP contribution in [0.5, 0.6) is 0 Å². The molecule has 0 aliphatic carbocycles. The Morgan fingerprint density at radius 1 is 1.67 bits per heavy atom. The second kappa shape index (κ2) is 2.52. The molecule has 0 aromatic rings. The Labute approximate surface area is 58.7 Å². The molecule has 0 spiro atoms. The fourth-order valence-corrected chi connectivity index (χ4v) is 1.45. The van der Waals surface area contributed by atoms with E-state index in [0.29, 0.717) is 11.7 Å². The van der Waals surface area contributed by atoms with Crippen LogP contribution in [0.15, 0.2) is 4.99 Å². The van der Waals surface area contributed by atoms with Crippen LogP contribution in [-0.2, 0) is 4.79 Å². The fourth-order valence-electron chi connectivity index (χ4n) is 0.619. The van der Waals surface area contributed by atoms with E-state index < -0.39 is 0 Å². The van der Waals surface area contributed by atoms with E-state index in [4.69, 9.17) is 0 Å². The van der Waals surface area contributed by atoms with Gasteiger partial charge in [0.2, 0.25) is 0 Å². The molecule has 9 heavy (non-hydrogen) atoms. The highest BCUT2D eigenvalue weighted by atomic mass is 32.2. The smallest absolute Gasteiger partial charge is 0.256 e. The maximum absolute atomic E-state index is 10.5. The molecule has 0 bridgehead atoms. The molecule has 3 heteroatoms. The Bertz CT molecular complexity index is 162. The van der Waals surface area contributed by atoms with Gasteiger partial charge in [0.25, 0.3) is 5.91 Å². The van der Waals surface area contributed by atoms with Crippen molar-refractivity contribution in [3.05, 3.63) is 0 Å². The van der Waals surface area contributed by atoms with Gasteiger partial charge in [-0.2, -0.15) is 0 Å². The third kappa shape index (κ3) is 1.55. The summed E-state index contributed by atoms with van der Waals surface area (Å²) >= 11 is 1.56. The minimum absolute atomic E-state index is 0.0173. The van der Waals surface area contributed by atoms with Gasteiger partial charge in [-0.3, -0.25) is 4.79 Å². The summed E-state index contributed by atoms with van der Waals surface area (Å²) in [4.78, 5) is 14.4. The van der Waals surface area contributed by atoms with Crippen molar-refractivity contribution in [2.75, 3.05) is 5.75 Å². The molecule has 1 aliphatic rings. The molecule has 0 unspecified atom stereocenters. The van der Waals surface area contributed by atoms with Gasteiger partial charge in [-0.05, 0) is 0 Å². The minimum Gasteiger partial charge on any atom is -0.272 e. The Kier molecular flexibility index (Phi) is 1.90. The van der Waals surface area contributed by atoms with Gasteiger partial charge in [0.1, 0.15) is 0 Å². The summed E-state index contributed by atoms with van der Waals surface area (Å²) < 4.78 is 0. The zero-order chi connectivity index (χ0) is 6.85. The summed E-state index contributed by atoms with van der Waals surface area (Å²) in [7, 11) is 0. The lowest BCUT2D eigenvalue weighted by molar-refractivity contribution is -0.115. The molecule has 0 radical (unpaired) electrons. The average molecular weight is 143 g/mol. The lowest BCUT2D eigenvalue weighted by Gasteiger charge is -1.98. The van der Waals surface area contributed by atoms with Gasteiger partial charge >= 0.3 is 0 Å². The van der Waals surface area contributed by atoms with E-state index in [1.54, 1.807) is 11.8 Å². The van der Waals surface area contributed by atoms with E-state index >= 15 is 0 Å².